The molecular weight excluding hydrogens is 761 g/mol. The van der Waals surface area contributed by atoms with Crippen molar-refractivity contribution in [1.82, 2.24) is 15.5 Å². The Morgan fingerprint density at radius 2 is 1.95 bits per heavy atom. The number of phenols is 1. The van der Waals surface area contributed by atoms with Crippen molar-refractivity contribution in [2.45, 2.75) is 134 Å². The van der Waals surface area contributed by atoms with Crippen LogP contribution in [0, 0.1) is 11.3 Å². The van der Waals surface area contributed by atoms with E-state index in [0.29, 0.717) is 99.5 Å². The van der Waals surface area contributed by atoms with Crippen molar-refractivity contribution in [1.29, 1.82) is 0 Å². The van der Waals surface area contributed by atoms with E-state index in [9.17, 15) is 19.8 Å². The number of nitrogens with one attached hydrogen (secondary N) is 2. The Morgan fingerprint density at radius 1 is 1.09 bits per heavy atom. The van der Waals surface area contributed by atoms with Crippen LogP contribution in [0.15, 0.2) is 46.8 Å². The van der Waals surface area contributed by atoms with E-state index < -0.39 is 23.2 Å². The Balaban J connectivity index is 1.20. The predicted octanol–water partition coefficient (Wildman–Crippen LogP) is 6.02. The summed E-state index contributed by atoms with van der Waals surface area (Å²) in [6, 6.07) is 2.06. The molecule has 1 saturated heterocycles. The van der Waals surface area contributed by atoms with Crippen molar-refractivity contribution in [3.63, 3.8) is 0 Å². The summed E-state index contributed by atoms with van der Waals surface area (Å²) in [5.41, 5.74) is 15.4. The quantitative estimate of drug-likeness (QED) is 0.119. The fourth-order valence-corrected chi connectivity index (χ4v) is 11.9. The summed E-state index contributed by atoms with van der Waals surface area (Å²) in [5, 5.41) is 29.7. The molecule has 2 fully saturated rings. The van der Waals surface area contributed by atoms with Crippen molar-refractivity contribution < 1.29 is 29.3 Å². The maximum absolute atomic E-state index is 14.1. The number of ether oxygens (including phenoxy) is 2. The predicted molar refractivity (Wildman–Crippen MR) is 227 cm³/mol. The number of aromatic hydroxyl groups is 1. The van der Waals surface area contributed by atoms with Crippen LogP contribution in [0.25, 0.3) is 0 Å². The van der Waals surface area contributed by atoms with E-state index in [1.54, 1.807) is 21.6 Å². The number of esters is 1. The van der Waals surface area contributed by atoms with Crippen LogP contribution in [-0.2, 0) is 27.3 Å². The summed E-state index contributed by atoms with van der Waals surface area (Å²) >= 11 is 0. The van der Waals surface area contributed by atoms with Crippen LogP contribution >= 0.6 is 21.6 Å². The van der Waals surface area contributed by atoms with Gasteiger partial charge >= 0.3 is 5.97 Å². The lowest BCUT2D eigenvalue weighted by Gasteiger charge is -2.34. The second-order valence-corrected chi connectivity index (χ2v) is 19.7. The number of rotatable bonds is 3. The molecule has 1 spiro atoms. The number of benzene rings is 1. The third-order valence-electron chi connectivity index (χ3n) is 12.9. The topological polar surface area (TPSA) is 185 Å². The number of aryl methyl sites for hydroxylation is 1. The summed E-state index contributed by atoms with van der Waals surface area (Å²) in [7, 11) is 3.48. The summed E-state index contributed by atoms with van der Waals surface area (Å²) in [4.78, 5) is 32.8. The number of aliphatic imine (C=N–C) groups is 1. The number of fused-ring (bicyclic) bond motifs is 4. The molecule has 2 aliphatic carbocycles. The molecule has 7 aliphatic rings. The number of carbonyl (C=O) groups excluding carboxylic acids is 2. The Kier molecular flexibility index (Phi) is 13.6. The van der Waals surface area contributed by atoms with E-state index in [2.05, 4.69) is 39.9 Å². The number of hydrogen-bond acceptors (Lipinski definition) is 13. The van der Waals surface area contributed by atoms with Crippen LogP contribution in [0.5, 0.6) is 11.5 Å². The van der Waals surface area contributed by atoms with Gasteiger partial charge in [-0.2, -0.15) is 0 Å². The maximum Gasteiger partial charge on any atom is 0.302 e. The van der Waals surface area contributed by atoms with Gasteiger partial charge < -0.3 is 46.7 Å². The number of guanidine groups is 1. The molecule has 1 aromatic carbocycles. The number of allylic oxidation sites excluding steroid dienone is 3. The second kappa shape index (κ2) is 18.6. The third kappa shape index (κ3) is 10.2. The van der Waals surface area contributed by atoms with Crippen LogP contribution in [0.4, 0.5) is 0 Å². The molecule has 5 heterocycles. The van der Waals surface area contributed by atoms with Gasteiger partial charge in [-0.25, -0.2) is 4.99 Å². The highest BCUT2D eigenvalue weighted by atomic mass is 33.1. The largest absolute Gasteiger partial charge is 0.504 e. The van der Waals surface area contributed by atoms with Crippen LogP contribution < -0.4 is 26.8 Å². The highest BCUT2D eigenvalue weighted by Crippen LogP contribution is 2.57. The standard InChI is InChI=1S/C43H62N6O6S2/c1-28(50)54-35-10-9-30-20-32(39(53)40-38(30)31-11-14-43(55-40)13-6-7-33(43)21-31)25-49-26-42(24-37(49)52,23-29-12-16-46-36(44)19-29)15-17-47-41(45)48-27-57-56-18-5-3-2-4-8-34(51)22-35/h11-12,14,19-20,31,33-35,46,51,53H,2-10,13,15-18,21-27,44H2,1H3,(H3,45,47,48)/t31-,33-,34-,35+,42-,43+/m0/s1. The number of aliphatic hydroxyl groups is 1. The average Bonchev–Trinajstić information content (AvgIpc) is 3.61. The monoisotopic (exact) mass is 822 g/mol. The van der Waals surface area contributed by atoms with Crippen LogP contribution in [0.2, 0.25) is 0 Å². The number of dihydropyridines is 1. The molecule has 0 radical (unpaired) electrons. The lowest BCUT2D eigenvalue weighted by Crippen LogP contribution is -2.38. The molecule has 8 rings (SSSR count). The van der Waals surface area contributed by atoms with E-state index in [1.807, 2.05) is 11.0 Å². The first-order valence-corrected chi connectivity index (χ1v) is 23.6. The van der Waals surface area contributed by atoms with Gasteiger partial charge in [0, 0.05) is 80.1 Å². The van der Waals surface area contributed by atoms with E-state index in [1.165, 1.54) is 6.92 Å². The number of aliphatic hydroxyl groups excluding tert-OH is 1. The molecule has 8 N–H and O–H groups in total. The molecule has 6 bridgehead atoms. The van der Waals surface area contributed by atoms with Gasteiger partial charge in [0.15, 0.2) is 17.5 Å². The maximum atomic E-state index is 14.1. The van der Waals surface area contributed by atoms with E-state index in [-0.39, 0.29) is 30.1 Å². The number of phenolic OH excluding ortho intramolecular Hbond substituents is 1. The lowest BCUT2D eigenvalue weighted by atomic mass is 9.75. The summed E-state index contributed by atoms with van der Waals surface area (Å²) in [6.45, 7) is 3.37. The van der Waals surface area contributed by atoms with Crippen LogP contribution in [-0.4, -0.2) is 82.0 Å². The smallest absolute Gasteiger partial charge is 0.302 e. The lowest BCUT2D eigenvalue weighted by molar-refractivity contribution is -0.148. The van der Waals surface area contributed by atoms with Crippen LogP contribution in [0.1, 0.15) is 119 Å². The summed E-state index contributed by atoms with van der Waals surface area (Å²) < 4.78 is 12.8. The van der Waals surface area contributed by atoms with Gasteiger partial charge in [0.2, 0.25) is 5.91 Å². The second-order valence-electron chi connectivity index (χ2n) is 17.1. The molecule has 1 amide bonds. The zero-order chi connectivity index (χ0) is 40.0. The first-order chi connectivity index (χ1) is 27.5. The third-order valence-corrected chi connectivity index (χ3v) is 15.1. The molecule has 312 valence electrons. The van der Waals surface area contributed by atoms with E-state index in [4.69, 9.17) is 20.9 Å². The number of hydrogen-bond donors (Lipinski definition) is 6. The normalized spacial score (nSPS) is 31.6. The Bertz CT molecular complexity index is 1770. The minimum absolute atomic E-state index is 0.0332. The molecular formula is C43H62N6O6S2. The molecule has 1 aromatic rings. The molecule has 14 heteroatoms. The molecule has 1 saturated carbocycles. The summed E-state index contributed by atoms with van der Waals surface area (Å²) in [6.07, 6.45) is 19.6. The number of amides is 1. The first-order valence-electron chi connectivity index (χ1n) is 21.1. The minimum atomic E-state index is -0.573. The molecule has 57 heavy (non-hydrogen) atoms. The van der Waals surface area contributed by atoms with E-state index in [0.717, 1.165) is 73.8 Å². The van der Waals surface area contributed by atoms with Gasteiger partial charge in [0.25, 0.3) is 0 Å². The highest BCUT2D eigenvalue weighted by Gasteiger charge is 2.51. The SMILES string of the molecule is CC(=O)O[C@@H]1CCc2cc(c(O)c3c2[C@H]2C=C[C@@]4(CCC[C@H]4C2)O3)CN2C[C@](CC3=CCNC(N)=C3)(CCNC(N)=NCSSCCCCCC[C@H](O)C1)CC2=O. The molecule has 0 aromatic heterocycles. The zero-order valence-electron chi connectivity index (χ0n) is 33.4. The van der Waals surface area contributed by atoms with Crippen molar-refractivity contribution in [2.75, 3.05) is 31.3 Å². The van der Waals surface area contributed by atoms with Gasteiger partial charge in [0.05, 0.1) is 17.8 Å². The number of carbonyl (C=O) groups is 2. The van der Waals surface area contributed by atoms with Crippen LogP contribution in [0.3, 0.4) is 0 Å². The Hall–Kier alpha value is -3.49. The van der Waals surface area contributed by atoms with Gasteiger partial charge in [-0.15, -0.1) is 0 Å². The van der Waals surface area contributed by atoms with E-state index >= 15 is 0 Å². The van der Waals surface area contributed by atoms with Gasteiger partial charge in [0.1, 0.15) is 11.7 Å². The molecule has 12 nitrogen and oxygen atoms in total. The molecule has 5 aliphatic heterocycles. The molecule has 0 unspecified atom stereocenters. The average molecular weight is 823 g/mol. The summed E-state index contributed by atoms with van der Waals surface area (Å²) in [5.74, 6) is 3.37. The van der Waals surface area contributed by atoms with Crippen molar-refractivity contribution in [2.24, 2.45) is 27.8 Å². The number of nitrogens with two attached hydrogens (primary N) is 2. The highest BCUT2D eigenvalue weighted by molar-refractivity contribution is 8.76. The Morgan fingerprint density at radius 3 is 2.79 bits per heavy atom. The van der Waals surface area contributed by atoms with Crippen molar-refractivity contribution in [3.05, 3.63) is 58.5 Å². The number of nitrogens with zero attached hydrogens (tertiary/aromatic N) is 2. The van der Waals surface area contributed by atoms with Gasteiger partial charge in [-0.3, -0.25) is 9.59 Å². The fraction of sp³-hybridized carbons (Fsp3) is 0.651. The van der Waals surface area contributed by atoms with Gasteiger partial charge in [-0.05, 0) is 93.6 Å². The fourth-order valence-electron chi connectivity index (χ4n) is 10.1. The molecule has 6 atom stereocenters. The van der Waals surface area contributed by atoms with Gasteiger partial charge in [-0.1, -0.05) is 53.0 Å². The van der Waals surface area contributed by atoms with Crippen molar-refractivity contribution >= 4 is 39.4 Å². The minimum Gasteiger partial charge on any atom is -0.504 e. The zero-order valence-corrected chi connectivity index (χ0v) is 35.1. The Labute approximate surface area is 345 Å². The van der Waals surface area contributed by atoms with Crippen molar-refractivity contribution in [3.8, 4) is 11.5 Å². The first kappa shape index (κ1) is 41.7.